The number of fused-ring (bicyclic) bond motifs is 1. The summed E-state index contributed by atoms with van der Waals surface area (Å²) in [5.41, 5.74) is 11.2. The predicted octanol–water partition coefficient (Wildman–Crippen LogP) is 5.68. The van der Waals surface area contributed by atoms with Crippen molar-refractivity contribution < 1.29 is 14.7 Å². The first-order chi connectivity index (χ1) is 18.0. The Labute approximate surface area is 225 Å². The monoisotopic (exact) mass is 519 g/mol. The lowest BCUT2D eigenvalue weighted by Gasteiger charge is -2.33. The fourth-order valence-electron chi connectivity index (χ4n) is 6.01. The molecule has 0 spiro atoms. The number of carbonyl (C=O) groups is 2. The molecule has 1 fully saturated rings. The second-order valence-electron chi connectivity index (χ2n) is 11.6. The van der Waals surface area contributed by atoms with Gasteiger partial charge >= 0.3 is 12.0 Å². The fourth-order valence-corrected chi connectivity index (χ4v) is 6.01. The molecule has 0 bridgehead atoms. The van der Waals surface area contributed by atoms with E-state index in [4.69, 9.17) is 5.73 Å². The Bertz CT molecular complexity index is 1320. The molecule has 2 aromatic carbocycles. The summed E-state index contributed by atoms with van der Waals surface area (Å²) in [4.78, 5) is 26.8. The highest BCUT2D eigenvalue weighted by Crippen LogP contribution is 2.44. The van der Waals surface area contributed by atoms with Gasteiger partial charge in [-0.25, -0.2) is 9.48 Å². The largest absolute Gasteiger partial charge is 0.481 e. The van der Waals surface area contributed by atoms with Gasteiger partial charge in [0.15, 0.2) is 0 Å². The number of aliphatic carboxylic acids is 1. The number of urea groups is 1. The molecule has 1 aliphatic rings. The standard InChI is InChI=1S/C30H41N5O3/c1-19-12-13-22(16-23(19)18-35(29(31)38)17-21-10-8-6-7-9-11-21)26(30(3,4)28(36)37)24-14-15-25-27(20(24)2)32-33-34(25)5/h12-16,21,26H,6-11,17-18H2,1-5H3,(H2,31,38)(H,36,37)/t26-/m0/s1. The molecule has 3 aromatic rings. The molecule has 0 aliphatic heterocycles. The predicted molar refractivity (Wildman–Crippen MR) is 149 cm³/mol. The number of carboxylic acids is 1. The lowest BCUT2D eigenvalue weighted by molar-refractivity contribution is -0.147. The summed E-state index contributed by atoms with van der Waals surface area (Å²) in [6.07, 6.45) is 7.17. The van der Waals surface area contributed by atoms with E-state index in [1.54, 1.807) is 23.4 Å². The molecule has 0 saturated heterocycles. The second-order valence-corrected chi connectivity index (χ2v) is 11.6. The molecule has 8 nitrogen and oxygen atoms in total. The number of hydrogen-bond donors (Lipinski definition) is 2. The zero-order valence-corrected chi connectivity index (χ0v) is 23.3. The third kappa shape index (κ3) is 5.54. The third-order valence-corrected chi connectivity index (χ3v) is 8.50. The molecule has 2 amide bonds. The van der Waals surface area contributed by atoms with Gasteiger partial charge in [0.1, 0.15) is 5.52 Å². The Kier molecular flexibility index (Phi) is 8.09. The number of benzene rings is 2. The van der Waals surface area contributed by atoms with Gasteiger partial charge in [0.2, 0.25) is 0 Å². The highest BCUT2D eigenvalue weighted by atomic mass is 16.4. The molecule has 3 N–H and O–H groups in total. The minimum atomic E-state index is -1.10. The highest BCUT2D eigenvalue weighted by Gasteiger charge is 2.40. The second kappa shape index (κ2) is 11.1. The molecule has 38 heavy (non-hydrogen) atoms. The van der Waals surface area contributed by atoms with E-state index >= 15 is 0 Å². The molecule has 1 aliphatic carbocycles. The summed E-state index contributed by atoms with van der Waals surface area (Å²) in [6, 6.07) is 9.64. The highest BCUT2D eigenvalue weighted by molar-refractivity contribution is 5.82. The zero-order chi connectivity index (χ0) is 27.6. The number of primary amides is 1. The maximum absolute atomic E-state index is 12.6. The fraction of sp³-hybridized carbons (Fsp3) is 0.533. The molecule has 1 saturated carbocycles. The smallest absolute Gasteiger partial charge is 0.315 e. The Morgan fingerprint density at radius 1 is 1.13 bits per heavy atom. The van der Waals surface area contributed by atoms with Crippen LogP contribution in [0.4, 0.5) is 4.79 Å². The van der Waals surface area contributed by atoms with E-state index in [0.29, 0.717) is 19.0 Å². The molecule has 1 heterocycles. The van der Waals surface area contributed by atoms with Gasteiger partial charge in [-0.15, -0.1) is 5.10 Å². The van der Waals surface area contributed by atoms with Crippen LogP contribution in [0.15, 0.2) is 30.3 Å². The number of amides is 2. The molecular formula is C30H41N5O3. The SMILES string of the molecule is Cc1ccc([C@@H](c2ccc3c(nnn3C)c2C)C(C)(C)C(=O)O)cc1CN(CC1CCCCCC1)C(N)=O. The summed E-state index contributed by atoms with van der Waals surface area (Å²) in [7, 11) is 1.85. The van der Waals surface area contributed by atoms with Crippen LogP contribution in [-0.4, -0.2) is 43.5 Å². The first kappa shape index (κ1) is 27.6. The summed E-state index contributed by atoms with van der Waals surface area (Å²) >= 11 is 0. The Morgan fingerprint density at radius 3 is 2.45 bits per heavy atom. The number of aromatic nitrogens is 3. The molecular weight excluding hydrogens is 478 g/mol. The van der Waals surface area contributed by atoms with Gasteiger partial charge in [0.25, 0.3) is 0 Å². The summed E-state index contributed by atoms with van der Waals surface area (Å²) < 4.78 is 1.72. The van der Waals surface area contributed by atoms with Crippen LogP contribution in [-0.2, 0) is 18.4 Å². The Hall–Kier alpha value is -3.42. The Morgan fingerprint density at radius 2 is 1.82 bits per heavy atom. The van der Waals surface area contributed by atoms with Crippen molar-refractivity contribution in [3.63, 3.8) is 0 Å². The lowest BCUT2D eigenvalue weighted by atomic mass is 9.69. The van der Waals surface area contributed by atoms with Crippen molar-refractivity contribution in [1.29, 1.82) is 0 Å². The van der Waals surface area contributed by atoms with Crippen LogP contribution >= 0.6 is 0 Å². The number of rotatable bonds is 8. The molecule has 0 radical (unpaired) electrons. The first-order valence-electron chi connectivity index (χ1n) is 13.7. The van der Waals surface area contributed by atoms with Crippen molar-refractivity contribution in [3.8, 4) is 0 Å². The average Bonchev–Trinajstić information content (AvgIpc) is 3.06. The first-order valence-corrected chi connectivity index (χ1v) is 13.7. The van der Waals surface area contributed by atoms with E-state index < -0.39 is 23.3 Å². The third-order valence-electron chi connectivity index (χ3n) is 8.50. The number of carbonyl (C=O) groups excluding carboxylic acids is 1. The zero-order valence-electron chi connectivity index (χ0n) is 23.3. The molecule has 1 aromatic heterocycles. The van der Waals surface area contributed by atoms with Gasteiger partial charge in [0, 0.05) is 26.1 Å². The van der Waals surface area contributed by atoms with Crippen molar-refractivity contribution >= 4 is 23.0 Å². The van der Waals surface area contributed by atoms with Crippen molar-refractivity contribution in [1.82, 2.24) is 19.9 Å². The van der Waals surface area contributed by atoms with Gasteiger partial charge in [-0.3, -0.25) is 4.79 Å². The van der Waals surface area contributed by atoms with Crippen molar-refractivity contribution in [2.45, 2.75) is 78.7 Å². The van der Waals surface area contributed by atoms with E-state index in [0.717, 1.165) is 51.7 Å². The number of carboxylic acid groups (broad SMARTS) is 1. The van der Waals surface area contributed by atoms with Gasteiger partial charge in [-0.1, -0.05) is 55.2 Å². The van der Waals surface area contributed by atoms with Crippen LogP contribution in [0.1, 0.15) is 86.1 Å². The van der Waals surface area contributed by atoms with Crippen molar-refractivity contribution in [3.05, 3.63) is 58.1 Å². The van der Waals surface area contributed by atoms with E-state index in [1.165, 1.54) is 25.7 Å². The van der Waals surface area contributed by atoms with Crippen LogP contribution in [0, 0.1) is 25.2 Å². The topological polar surface area (TPSA) is 114 Å². The molecule has 4 rings (SSSR count). The van der Waals surface area contributed by atoms with E-state index in [2.05, 4.69) is 16.4 Å². The molecule has 204 valence electrons. The van der Waals surface area contributed by atoms with Gasteiger partial charge in [-0.2, -0.15) is 0 Å². The lowest BCUT2D eigenvalue weighted by Crippen LogP contribution is -2.39. The maximum atomic E-state index is 12.6. The van der Waals surface area contributed by atoms with Crippen molar-refractivity contribution in [2.24, 2.45) is 24.1 Å². The van der Waals surface area contributed by atoms with E-state index in [9.17, 15) is 14.7 Å². The van der Waals surface area contributed by atoms with Crippen LogP contribution in [0.5, 0.6) is 0 Å². The summed E-state index contributed by atoms with van der Waals surface area (Å²) in [6.45, 7) is 8.61. The quantitative estimate of drug-likeness (QED) is 0.372. The minimum Gasteiger partial charge on any atom is -0.481 e. The maximum Gasteiger partial charge on any atom is 0.315 e. The van der Waals surface area contributed by atoms with Crippen LogP contribution < -0.4 is 5.73 Å². The van der Waals surface area contributed by atoms with Gasteiger partial charge in [0.05, 0.1) is 10.9 Å². The minimum absolute atomic E-state index is 0.411. The number of nitrogens with two attached hydrogens (primary N) is 1. The van der Waals surface area contributed by atoms with Gasteiger partial charge < -0.3 is 15.7 Å². The van der Waals surface area contributed by atoms with Crippen LogP contribution in [0.25, 0.3) is 11.0 Å². The van der Waals surface area contributed by atoms with Gasteiger partial charge in [-0.05, 0) is 80.3 Å². The van der Waals surface area contributed by atoms with Crippen molar-refractivity contribution in [2.75, 3.05) is 6.54 Å². The summed E-state index contributed by atoms with van der Waals surface area (Å²) in [5.74, 6) is -0.849. The van der Waals surface area contributed by atoms with Crippen LogP contribution in [0.2, 0.25) is 0 Å². The van der Waals surface area contributed by atoms with E-state index in [1.807, 2.05) is 45.2 Å². The molecule has 0 unspecified atom stereocenters. The number of nitrogens with zero attached hydrogens (tertiary/aromatic N) is 4. The average molecular weight is 520 g/mol. The molecule has 1 atom stereocenters. The summed E-state index contributed by atoms with van der Waals surface area (Å²) in [5, 5.41) is 18.8. The normalized spacial score (nSPS) is 15.8. The number of hydrogen-bond acceptors (Lipinski definition) is 4. The van der Waals surface area contributed by atoms with Crippen LogP contribution in [0.3, 0.4) is 0 Å². The Balaban J connectivity index is 1.74. The number of aryl methyl sites for hydroxylation is 3. The molecule has 8 heteroatoms. The van der Waals surface area contributed by atoms with E-state index in [-0.39, 0.29) is 0 Å².